The number of carbonyl (C=O) groups excluding carboxylic acids is 2. The van der Waals surface area contributed by atoms with E-state index in [1.54, 1.807) is 0 Å². The van der Waals surface area contributed by atoms with Crippen LogP contribution in [0.2, 0.25) is 0 Å². The molecule has 2 atom stereocenters. The van der Waals surface area contributed by atoms with Crippen LogP contribution in [0.15, 0.2) is 0 Å². The molecule has 0 aromatic carbocycles. The van der Waals surface area contributed by atoms with Crippen molar-refractivity contribution in [1.82, 2.24) is 0 Å². The van der Waals surface area contributed by atoms with Crippen LogP contribution in [0.25, 0.3) is 0 Å². The van der Waals surface area contributed by atoms with Gasteiger partial charge in [-0.15, -0.1) is 0 Å². The van der Waals surface area contributed by atoms with E-state index < -0.39 is 39.1 Å². The summed E-state index contributed by atoms with van der Waals surface area (Å²) in [6.45, 7) is 0.454. The molecule has 1 fully saturated rings. The quantitative estimate of drug-likeness (QED) is 0.332. The van der Waals surface area contributed by atoms with E-state index in [-0.39, 0.29) is 0 Å². The Hall–Kier alpha value is -0.973. The van der Waals surface area contributed by atoms with Crippen LogP contribution < -0.4 is 0 Å². The van der Waals surface area contributed by atoms with Crippen molar-refractivity contribution in [3.63, 3.8) is 0 Å². The zero-order valence-corrected chi connectivity index (χ0v) is 15.1. The van der Waals surface area contributed by atoms with Crippen LogP contribution in [0.4, 0.5) is 0 Å². The van der Waals surface area contributed by atoms with Gasteiger partial charge in [0.25, 0.3) is 10.1 Å². The summed E-state index contributed by atoms with van der Waals surface area (Å²) in [6, 6.07) is 0. The molecule has 0 radical (unpaired) electrons. The Kier molecular flexibility index (Phi) is 6.32. The lowest BCUT2D eigenvalue weighted by atomic mass is 10.2. The van der Waals surface area contributed by atoms with Crippen molar-refractivity contribution in [3.8, 4) is 0 Å². The maximum absolute atomic E-state index is 12.1. The average molecular weight is 340 g/mol. The van der Waals surface area contributed by atoms with Gasteiger partial charge in [0.15, 0.2) is 10.7 Å². The normalized spacial score (nSPS) is 24.3. The highest BCUT2D eigenvalue weighted by Crippen LogP contribution is 2.25. The second-order valence-corrected chi connectivity index (χ2v) is 8.20. The fourth-order valence-corrected chi connectivity index (χ4v) is 3.54. The molecule has 1 aliphatic heterocycles. The molecular formula is C11H20O8SSi. The summed E-state index contributed by atoms with van der Waals surface area (Å²) in [4.78, 5) is 23.4. The summed E-state index contributed by atoms with van der Waals surface area (Å²) in [5.41, 5.74) is -1.05. The van der Waals surface area contributed by atoms with Gasteiger partial charge in [0.05, 0.1) is 37.5 Å². The molecular weight excluding hydrogens is 320 g/mol. The smallest absolute Gasteiger partial charge is 0.329 e. The van der Waals surface area contributed by atoms with Gasteiger partial charge in [-0.05, 0) is 12.8 Å². The third-order valence-electron chi connectivity index (χ3n) is 3.17. The van der Waals surface area contributed by atoms with Gasteiger partial charge < -0.3 is 14.2 Å². The molecule has 0 saturated carbocycles. The van der Waals surface area contributed by atoms with Gasteiger partial charge in [-0.2, -0.15) is 8.42 Å². The average Bonchev–Trinajstić information content (AvgIpc) is 2.44. The van der Waals surface area contributed by atoms with Crippen LogP contribution >= 0.6 is 0 Å². The number of rotatable bonds is 6. The zero-order valence-electron chi connectivity index (χ0n) is 12.3. The number of ether oxygens (including phenoxy) is 3. The molecule has 1 rings (SSSR count). The molecule has 10 heteroatoms. The highest BCUT2D eigenvalue weighted by Gasteiger charge is 2.41. The van der Waals surface area contributed by atoms with Crippen LogP contribution in [0.1, 0.15) is 25.7 Å². The summed E-state index contributed by atoms with van der Waals surface area (Å²) in [5, 5.41) is -1.76. The van der Waals surface area contributed by atoms with E-state index in [0.29, 0.717) is 23.3 Å². The van der Waals surface area contributed by atoms with Crippen LogP contribution in [-0.2, 0) is 38.1 Å². The van der Waals surface area contributed by atoms with Crippen molar-refractivity contribution in [2.45, 2.75) is 36.3 Å². The molecule has 0 aromatic rings. The maximum atomic E-state index is 12.1. The van der Waals surface area contributed by atoms with E-state index in [9.17, 15) is 18.0 Å². The lowest BCUT2D eigenvalue weighted by Crippen LogP contribution is -2.46. The molecule has 0 bridgehead atoms. The first-order valence-corrected chi connectivity index (χ1v) is 8.94. The topological polar surface area (TPSA) is 105 Å². The number of hydrogen-bond acceptors (Lipinski definition) is 8. The van der Waals surface area contributed by atoms with Crippen molar-refractivity contribution < 1.29 is 36.4 Å². The number of esters is 2. The first kappa shape index (κ1) is 18.1. The molecule has 122 valence electrons. The van der Waals surface area contributed by atoms with Crippen LogP contribution in [0.5, 0.6) is 0 Å². The molecule has 1 aliphatic rings. The van der Waals surface area contributed by atoms with Gasteiger partial charge in [0.1, 0.15) is 0 Å². The lowest BCUT2D eigenvalue weighted by molar-refractivity contribution is -0.206. The second kappa shape index (κ2) is 7.34. The Balaban J connectivity index is 2.87. The molecule has 0 N–H and O–H groups in total. The first-order chi connectivity index (χ1) is 9.74. The fourth-order valence-electron chi connectivity index (χ4n) is 1.92. The highest BCUT2D eigenvalue weighted by atomic mass is 32.2. The molecule has 8 nitrogen and oxygen atoms in total. The van der Waals surface area contributed by atoms with E-state index in [1.807, 2.05) is 0 Å². The van der Waals surface area contributed by atoms with Crippen molar-refractivity contribution in [2.75, 3.05) is 20.8 Å². The zero-order chi connectivity index (χ0) is 16.1. The van der Waals surface area contributed by atoms with Crippen molar-refractivity contribution in [3.05, 3.63) is 0 Å². The van der Waals surface area contributed by atoms with E-state index in [1.165, 1.54) is 0 Å². The summed E-state index contributed by atoms with van der Waals surface area (Å²) in [6.07, 6.45) is 1.55. The Morgan fingerprint density at radius 3 is 2.48 bits per heavy atom. The van der Waals surface area contributed by atoms with Gasteiger partial charge in [-0.3, -0.25) is 13.8 Å². The largest absolute Gasteiger partial charge is 0.469 e. The lowest BCUT2D eigenvalue weighted by Gasteiger charge is -2.34. The van der Waals surface area contributed by atoms with Crippen molar-refractivity contribution in [1.29, 1.82) is 0 Å². The molecule has 0 aromatic heterocycles. The van der Waals surface area contributed by atoms with Crippen molar-refractivity contribution >= 4 is 32.3 Å². The Morgan fingerprint density at radius 2 is 2.00 bits per heavy atom. The highest BCUT2D eigenvalue weighted by molar-refractivity contribution is 7.88. The molecule has 1 heterocycles. The molecule has 0 aliphatic carbocycles. The van der Waals surface area contributed by atoms with Crippen LogP contribution in [0.3, 0.4) is 0 Å². The Labute approximate surface area is 126 Å². The fraction of sp³-hybridized carbons (Fsp3) is 0.818. The van der Waals surface area contributed by atoms with Crippen molar-refractivity contribution in [2.24, 2.45) is 0 Å². The van der Waals surface area contributed by atoms with Crippen LogP contribution in [-0.4, -0.2) is 62.1 Å². The van der Waals surface area contributed by atoms with E-state index >= 15 is 0 Å². The number of carbonyl (C=O) groups is 2. The summed E-state index contributed by atoms with van der Waals surface area (Å²) in [5.74, 6) is -1.90. The second-order valence-electron chi connectivity index (χ2n) is 4.79. The van der Waals surface area contributed by atoms with Gasteiger partial charge in [-0.1, -0.05) is 0 Å². The Bertz CT molecular complexity index is 482. The van der Waals surface area contributed by atoms with E-state index in [4.69, 9.17) is 9.47 Å². The third kappa shape index (κ3) is 5.06. The molecule has 21 heavy (non-hydrogen) atoms. The number of hydrogen-bond donors (Lipinski definition) is 0. The molecule has 2 unspecified atom stereocenters. The molecule has 0 amide bonds. The van der Waals surface area contributed by atoms with Gasteiger partial charge >= 0.3 is 11.9 Å². The van der Waals surface area contributed by atoms with Gasteiger partial charge in [0.2, 0.25) is 0 Å². The minimum Gasteiger partial charge on any atom is -0.469 e. The third-order valence-corrected chi connectivity index (χ3v) is 5.69. The summed E-state index contributed by atoms with van der Waals surface area (Å²) in [7, 11) is -1.85. The first-order valence-electron chi connectivity index (χ1n) is 6.47. The molecule has 0 spiro atoms. The van der Waals surface area contributed by atoms with Gasteiger partial charge in [0, 0.05) is 6.42 Å². The predicted molar refractivity (Wildman–Crippen MR) is 74.9 cm³/mol. The maximum Gasteiger partial charge on any atom is 0.329 e. The predicted octanol–water partition coefficient (Wildman–Crippen LogP) is -1.34. The van der Waals surface area contributed by atoms with Crippen LogP contribution in [0, 0.1) is 0 Å². The summed E-state index contributed by atoms with van der Waals surface area (Å²) < 4.78 is 42.9. The standard InChI is InChI=1S/C11H20O8SSi/c1-16-9(12)7-8(20(14,15)17-2)10(13)19-11(21)5-3-4-6-18-11/h8H,3-7H2,1-2,21H3. The SMILES string of the molecule is COC(=O)CC(C(=O)OC1([SiH3])CCCCO1)S(=O)(=O)OC. The Morgan fingerprint density at radius 1 is 1.33 bits per heavy atom. The van der Waals surface area contributed by atoms with E-state index in [2.05, 4.69) is 8.92 Å². The van der Waals surface area contributed by atoms with Gasteiger partial charge in [-0.25, -0.2) is 0 Å². The number of methoxy groups -OCH3 is 1. The molecule has 1 saturated heterocycles. The monoisotopic (exact) mass is 340 g/mol. The minimum absolute atomic E-state index is 0.395. The summed E-state index contributed by atoms with van der Waals surface area (Å²) >= 11 is 0. The minimum atomic E-state index is -4.26. The van der Waals surface area contributed by atoms with E-state index in [0.717, 1.165) is 27.1 Å².